The van der Waals surface area contributed by atoms with Gasteiger partial charge in [0.15, 0.2) is 0 Å². The molecule has 0 spiro atoms. The van der Waals surface area contributed by atoms with E-state index in [4.69, 9.17) is 5.11 Å². The maximum Gasteiger partial charge on any atom is 0.441 e. The van der Waals surface area contributed by atoms with Crippen molar-refractivity contribution >= 4 is 23.5 Å². The molecule has 0 unspecified atom stereocenters. The molecule has 0 aromatic carbocycles. The first kappa shape index (κ1) is 16.6. The van der Waals surface area contributed by atoms with E-state index in [0.29, 0.717) is 5.69 Å². The lowest BCUT2D eigenvalue weighted by Gasteiger charge is -2.11. The third-order valence-corrected chi connectivity index (χ3v) is 3.09. The first-order valence-electron chi connectivity index (χ1n) is 5.89. The summed E-state index contributed by atoms with van der Waals surface area (Å²) in [5.74, 6) is -0.961. The van der Waals surface area contributed by atoms with E-state index in [2.05, 4.69) is 10.3 Å². The highest BCUT2D eigenvalue weighted by Gasteiger charge is 2.27. The molecule has 0 atom stereocenters. The number of carboxylic acid groups (broad SMARTS) is 1. The van der Waals surface area contributed by atoms with E-state index in [1.54, 1.807) is 0 Å². The van der Waals surface area contributed by atoms with Crippen molar-refractivity contribution in [1.29, 1.82) is 0 Å². The molecule has 0 saturated carbocycles. The van der Waals surface area contributed by atoms with Gasteiger partial charge in [-0.05, 0) is 29.8 Å². The van der Waals surface area contributed by atoms with Crippen LogP contribution >= 0.6 is 11.8 Å². The number of hydrogen-bond donors (Lipinski definition) is 2. The molecule has 8 heteroatoms. The van der Waals surface area contributed by atoms with Crippen molar-refractivity contribution in [2.45, 2.75) is 25.3 Å². The Balaban J connectivity index is 2.71. The predicted octanol–water partition coefficient (Wildman–Crippen LogP) is 3.57. The van der Waals surface area contributed by atoms with Crippen LogP contribution in [0, 0.1) is 0 Å². The van der Waals surface area contributed by atoms with E-state index in [0.717, 1.165) is 0 Å². The third kappa shape index (κ3) is 5.68. The molecule has 1 rings (SSSR count). The summed E-state index contributed by atoms with van der Waals surface area (Å²) in [7, 11) is 0. The smallest absolute Gasteiger partial charge is 0.441 e. The van der Waals surface area contributed by atoms with Crippen LogP contribution in [-0.2, 0) is 0 Å². The van der Waals surface area contributed by atoms with Crippen LogP contribution in [-0.4, -0.2) is 33.9 Å². The average molecular weight is 308 g/mol. The number of rotatable bonds is 6. The van der Waals surface area contributed by atoms with Gasteiger partial charge in [0.2, 0.25) is 0 Å². The monoisotopic (exact) mass is 308 g/mol. The van der Waals surface area contributed by atoms with Crippen LogP contribution in [0.1, 0.15) is 35.8 Å². The van der Waals surface area contributed by atoms with E-state index in [1.807, 2.05) is 13.8 Å². The highest BCUT2D eigenvalue weighted by molar-refractivity contribution is 8.00. The summed E-state index contributed by atoms with van der Waals surface area (Å²) < 4.78 is 35.9. The van der Waals surface area contributed by atoms with Crippen molar-refractivity contribution in [1.82, 2.24) is 4.98 Å². The van der Waals surface area contributed by atoms with Crippen molar-refractivity contribution in [2.24, 2.45) is 0 Å². The molecule has 1 aromatic heterocycles. The molecule has 0 bridgehead atoms. The zero-order chi connectivity index (χ0) is 15.3. The number of hydrogen-bond acceptors (Lipinski definition) is 4. The molecule has 0 aliphatic carbocycles. The number of pyridine rings is 1. The Morgan fingerprint density at radius 1 is 1.45 bits per heavy atom. The fourth-order valence-electron chi connectivity index (χ4n) is 1.41. The normalized spacial score (nSPS) is 11.7. The lowest BCUT2D eigenvalue weighted by molar-refractivity contribution is -0.0327. The zero-order valence-corrected chi connectivity index (χ0v) is 11.8. The number of thioether (sulfide) groups is 1. The standard InChI is InChI=1S/C12H15F3N2O2S/c1-7(2)9-5-8(11(18)19)6-10(17-9)16-3-4-20-12(13,14)15/h5-7H,3-4H2,1-2H3,(H,16,17)(H,18,19). The molecule has 112 valence electrons. The molecule has 0 aliphatic heterocycles. The Labute approximate surface area is 118 Å². The number of nitrogens with one attached hydrogen (secondary N) is 1. The van der Waals surface area contributed by atoms with Crippen molar-refractivity contribution in [3.05, 3.63) is 23.4 Å². The van der Waals surface area contributed by atoms with Gasteiger partial charge in [-0.1, -0.05) is 13.8 Å². The first-order valence-corrected chi connectivity index (χ1v) is 6.87. The number of nitrogens with zero attached hydrogens (tertiary/aromatic N) is 1. The minimum absolute atomic E-state index is 0.0272. The van der Waals surface area contributed by atoms with Gasteiger partial charge in [0.25, 0.3) is 0 Å². The number of halogens is 3. The summed E-state index contributed by atoms with van der Waals surface area (Å²) in [5, 5.41) is 11.7. The van der Waals surface area contributed by atoms with Gasteiger partial charge in [-0.25, -0.2) is 9.78 Å². The van der Waals surface area contributed by atoms with Gasteiger partial charge in [-0.15, -0.1) is 0 Å². The fraction of sp³-hybridized carbons (Fsp3) is 0.500. The maximum atomic E-state index is 12.0. The lowest BCUT2D eigenvalue weighted by Crippen LogP contribution is -2.12. The van der Waals surface area contributed by atoms with Crippen LogP contribution in [0.2, 0.25) is 0 Å². The SMILES string of the molecule is CC(C)c1cc(C(=O)O)cc(NCCSC(F)(F)F)n1. The van der Waals surface area contributed by atoms with Gasteiger partial charge in [0.05, 0.1) is 5.56 Å². The zero-order valence-electron chi connectivity index (χ0n) is 11.0. The number of aromatic carboxylic acids is 1. The van der Waals surface area contributed by atoms with Gasteiger partial charge >= 0.3 is 11.5 Å². The highest BCUT2D eigenvalue weighted by Crippen LogP contribution is 2.29. The number of carboxylic acids is 1. The van der Waals surface area contributed by atoms with Crippen LogP contribution in [0.15, 0.2) is 12.1 Å². The molecular weight excluding hydrogens is 293 g/mol. The second kappa shape index (κ2) is 6.83. The molecular formula is C12H15F3N2O2S. The largest absolute Gasteiger partial charge is 0.478 e. The quantitative estimate of drug-likeness (QED) is 0.787. The van der Waals surface area contributed by atoms with E-state index in [9.17, 15) is 18.0 Å². The van der Waals surface area contributed by atoms with E-state index in [1.165, 1.54) is 12.1 Å². The Hall–Kier alpha value is -1.44. The van der Waals surface area contributed by atoms with Crippen LogP contribution in [0.5, 0.6) is 0 Å². The molecule has 0 saturated heterocycles. The van der Waals surface area contributed by atoms with E-state index >= 15 is 0 Å². The molecule has 0 radical (unpaired) electrons. The number of anilines is 1. The van der Waals surface area contributed by atoms with Gasteiger partial charge < -0.3 is 10.4 Å². The second-order valence-electron chi connectivity index (χ2n) is 4.35. The minimum atomic E-state index is -4.26. The van der Waals surface area contributed by atoms with Crippen molar-refractivity contribution in [3.63, 3.8) is 0 Å². The van der Waals surface area contributed by atoms with Crippen LogP contribution < -0.4 is 5.32 Å². The molecule has 0 amide bonds. The van der Waals surface area contributed by atoms with Gasteiger partial charge in [0.1, 0.15) is 5.82 Å². The van der Waals surface area contributed by atoms with E-state index in [-0.39, 0.29) is 41.4 Å². The summed E-state index contributed by atoms with van der Waals surface area (Å²) in [5.41, 5.74) is -3.62. The number of carbonyl (C=O) groups is 1. The highest BCUT2D eigenvalue weighted by atomic mass is 32.2. The van der Waals surface area contributed by atoms with E-state index < -0.39 is 11.5 Å². The molecule has 20 heavy (non-hydrogen) atoms. The van der Waals surface area contributed by atoms with Gasteiger partial charge in [-0.2, -0.15) is 13.2 Å². The molecule has 0 aliphatic rings. The van der Waals surface area contributed by atoms with Crippen molar-refractivity contribution in [2.75, 3.05) is 17.6 Å². The summed E-state index contributed by atoms with van der Waals surface area (Å²) >= 11 is -0.133. The first-order chi connectivity index (χ1) is 9.19. The van der Waals surface area contributed by atoms with Gasteiger partial charge in [-0.3, -0.25) is 0 Å². The summed E-state index contributed by atoms with van der Waals surface area (Å²) in [4.78, 5) is 15.2. The molecule has 2 N–H and O–H groups in total. The molecule has 1 heterocycles. The van der Waals surface area contributed by atoms with Crippen molar-refractivity contribution < 1.29 is 23.1 Å². The summed E-state index contributed by atoms with van der Waals surface area (Å²) in [6.07, 6.45) is 0. The minimum Gasteiger partial charge on any atom is -0.478 e. The Morgan fingerprint density at radius 2 is 2.10 bits per heavy atom. The third-order valence-electron chi connectivity index (χ3n) is 2.36. The van der Waals surface area contributed by atoms with Crippen LogP contribution in [0.3, 0.4) is 0 Å². The number of alkyl halides is 3. The Kier molecular flexibility index (Phi) is 5.67. The maximum absolute atomic E-state index is 12.0. The second-order valence-corrected chi connectivity index (χ2v) is 5.51. The molecule has 0 fully saturated rings. The van der Waals surface area contributed by atoms with Crippen LogP contribution in [0.4, 0.5) is 19.0 Å². The summed E-state index contributed by atoms with van der Waals surface area (Å²) in [6, 6.07) is 2.77. The molecule has 4 nitrogen and oxygen atoms in total. The average Bonchev–Trinajstić information content (AvgIpc) is 2.33. The molecule has 1 aromatic rings. The number of aromatic nitrogens is 1. The predicted molar refractivity (Wildman–Crippen MR) is 72.3 cm³/mol. The Bertz CT molecular complexity index is 478. The lowest BCUT2D eigenvalue weighted by atomic mass is 10.1. The van der Waals surface area contributed by atoms with Crippen molar-refractivity contribution in [3.8, 4) is 0 Å². The summed E-state index contributed by atoms with van der Waals surface area (Å²) in [6.45, 7) is 3.77. The van der Waals surface area contributed by atoms with Gasteiger partial charge in [0, 0.05) is 18.0 Å². The fourth-order valence-corrected chi connectivity index (χ4v) is 1.84. The van der Waals surface area contributed by atoms with Crippen LogP contribution in [0.25, 0.3) is 0 Å². The Morgan fingerprint density at radius 3 is 2.60 bits per heavy atom. The topological polar surface area (TPSA) is 62.2 Å².